The number of hydrogen-bond acceptors (Lipinski definition) is 6. The molecule has 0 atom stereocenters. The summed E-state index contributed by atoms with van der Waals surface area (Å²) in [5.74, 6) is -0.0842. The number of carbonyl (C=O) groups excluding carboxylic acids is 2. The number of nitrogens with zero attached hydrogens (tertiary/aromatic N) is 4. The van der Waals surface area contributed by atoms with Crippen LogP contribution in [0.2, 0.25) is 5.02 Å². The summed E-state index contributed by atoms with van der Waals surface area (Å²) in [5, 5.41) is 9.29. The molecule has 0 unspecified atom stereocenters. The van der Waals surface area contributed by atoms with Crippen LogP contribution in [0.1, 0.15) is 17.3 Å². The molecule has 0 aliphatic carbocycles. The van der Waals surface area contributed by atoms with Crippen LogP contribution in [0.5, 0.6) is 0 Å². The van der Waals surface area contributed by atoms with Crippen molar-refractivity contribution in [3.63, 3.8) is 0 Å². The van der Waals surface area contributed by atoms with E-state index in [0.29, 0.717) is 22.5 Å². The van der Waals surface area contributed by atoms with Crippen molar-refractivity contribution in [1.82, 2.24) is 30.6 Å². The van der Waals surface area contributed by atoms with E-state index in [2.05, 4.69) is 26.0 Å². The van der Waals surface area contributed by atoms with Gasteiger partial charge in [-0.3, -0.25) is 25.4 Å². The van der Waals surface area contributed by atoms with Gasteiger partial charge in [-0.15, -0.1) is 10.2 Å². The molecule has 0 spiro atoms. The lowest BCUT2D eigenvalue weighted by Crippen LogP contribution is -2.42. The van der Waals surface area contributed by atoms with Crippen molar-refractivity contribution >= 4 is 35.2 Å². The summed E-state index contributed by atoms with van der Waals surface area (Å²) in [7, 11) is 0. The summed E-state index contributed by atoms with van der Waals surface area (Å²) in [5.41, 5.74) is 5.90. The number of aromatic nitrogens is 4. The Labute approximate surface area is 170 Å². The van der Waals surface area contributed by atoms with E-state index < -0.39 is 5.91 Å². The third-order valence-electron chi connectivity index (χ3n) is 3.74. The number of nitrogens with one attached hydrogen (secondary N) is 2. The topological polar surface area (TPSA) is 102 Å². The highest BCUT2D eigenvalue weighted by atomic mass is 35.5. The maximum absolute atomic E-state index is 12.1. The molecule has 2 amide bonds. The lowest BCUT2D eigenvalue weighted by atomic mass is 10.2. The van der Waals surface area contributed by atoms with Crippen molar-refractivity contribution < 1.29 is 9.59 Å². The second-order valence-electron chi connectivity index (χ2n) is 5.56. The first-order valence-corrected chi connectivity index (χ1v) is 9.76. The molecule has 8 nitrogen and oxygen atoms in total. The summed E-state index contributed by atoms with van der Waals surface area (Å²) in [4.78, 5) is 28.1. The van der Waals surface area contributed by atoms with Gasteiger partial charge in [-0.2, -0.15) is 0 Å². The average Bonchev–Trinajstić information content (AvgIpc) is 3.14. The molecule has 3 rings (SSSR count). The first-order chi connectivity index (χ1) is 13.6. The molecule has 0 bridgehead atoms. The fraction of sp³-hybridized carbons (Fsp3) is 0.167. The van der Waals surface area contributed by atoms with Gasteiger partial charge < -0.3 is 4.57 Å². The van der Waals surface area contributed by atoms with Gasteiger partial charge in [0.15, 0.2) is 11.0 Å². The molecule has 144 valence electrons. The molecule has 0 saturated carbocycles. The molecule has 28 heavy (non-hydrogen) atoms. The number of pyridine rings is 1. The van der Waals surface area contributed by atoms with Crippen LogP contribution in [0.25, 0.3) is 11.4 Å². The molecule has 10 heteroatoms. The Balaban J connectivity index is 1.57. The number of halogens is 1. The number of carbonyl (C=O) groups is 2. The molecule has 0 fully saturated rings. The zero-order valence-corrected chi connectivity index (χ0v) is 16.5. The Morgan fingerprint density at radius 1 is 1.11 bits per heavy atom. The lowest BCUT2D eigenvalue weighted by molar-refractivity contribution is -0.119. The molecule has 2 heterocycles. The van der Waals surface area contributed by atoms with E-state index in [0.717, 1.165) is 5.56 Å². The number of benzene rings is 1. The van der Waals surface area contributed by atoms with E-state index >= 15 is 0 Å². The van der Waals surface area contributed by atoms with Crippen molar-refractivity contribution in [3.8, 4) is 11.4 Å². The highest BCUT2D eigenvalue weighted by Crippen LogP contribution is 2.23. The summed E-state index contributed by atoms with van der Waals surface area (Å²) in [6.45, 7) is 2.62. The standard InChI is InChI=1S/C18H17ClN6O2S/c1-2-25-16(12-7-9-20-10-8-12)22-24-18(25)28-11-15(26)21-23-17(27)13-5-3-4-6-14(13)19/h3-10H,2,11H2,1H3,(H,21,26)(H,23,27). The van der Waals surface area contributed by atoms with E-state index in [9.17, 15) is 9.59 Å². The second-order valence-corrected chi connectivity index (χ2v) is 6.91. The van der Waals surface area contributed by atoms with Gasteiger partial charge >= 0.3 is 0 Å². The molecule has 2 N–H and O–H groups in total. The normalized spacial score (nSPS) is 10.5. The minimum Gasteiger partial charge on any atom is -0.302 e. The number of hydrazine groups is 1. The third kappa shape index (κ3) is 4.68. The summed E-state index contributed by atoms with van der Waals surface area (Å²) in [6, 6.07) is 10.3. The first kappa shape index (κ1) is 19.8. The van der Waals surface area contributed by atoms with Gasteiger partial charge in [0.05, 0.1) is 16.3 Å². The Kier molecular flexibility index (Phi) is 6.62. The van der Waals surface area contributed by atoms with E-state index in [4.69, 9.17) is 11.6 Å². The van der Waals surface area contributed by atoms with Gasteiger partial charge in [-0.05, 0) is 31.2 Å². The predicted octanol–water partition coefficient (Wildman–Crippen LogP) is 2.57. The number of rotatable bonds is 6. The van der Waals surface area contributed by atoms with Gasteiger partial charge in [0.1, 0.15) is 0 Å². The van der Waals surface area contributed by atoms with Crippen LogP contribution in [0.3, 0.4) is 0 Å². The number of amides is 2. The van der Waals surface area contributed by atoms with Gasteiger partial charge in [-0.25, -0.2) is 0 Å². The Hall–Kier alpha value is -2.91. The van der Waals surface area contributed by atoms with Crippen molar-refractivity contribution in [3.05, 3.63) is 59.4 Å². The van der Waals surface area contributed by atoms with Crippen molar-refractivity contribution in [1.29, 1.82) is 0 Å². The zero-order chi connectivity index (χ0) is 19.9. The molecule has 0 aliphatic rings. The monoisotopic (exact) mass is 416 g/mol. The highest BCUT2D eigenvalue weighted by Gasteiger charge is 2.15. The lowest BCUT2D eigenvalue weighted by Gasteiger charge is -2.09. The maximum Gasteiger partial charge on any atom is 0.271 e. The van der Waals surface area contributed by atoms with Crippen LogP contribution in [0.15, 0.2) is 53.9 Å². The van der Waals surface area contributed by atoms with E-state index in [-0.39, 0.29) is 17.2 Å². The van der Waals surface area contributed by atoms with Crippen LogP contribution in [-0.4, -0.2) is 37.3 Å². The Morgan fingerprint density at radius 2 is 1.86 bits per heavy atom. The molecule has 0 aliphatic heterocycles. The Morgan fingerprint density at radius 3 is 2.57 bits per heavy atom. The summed E-state index contributed by atoms with van der Waals surface area (Å²) in [6.07, 6.45) is 3.37. The van der Waals surface area contributed by atoms with Crippen molar-refractivity contribution in [2.45, 2.75) is 18.6 Å². The fourth-order valence-electron chi connectivity index (χ4n) is 2.40. The van der Waals surface area contributed by atoms with Gasteiger partial charge in [-0.1, -0.05) is 35.5 Å². The van der Waals surface area contributed by atoms with E-state index in [1.165, 1.54) is 11.8 Å². The minimum atomic E-state index is -0.486. The minimum absolute atomic E-state index is 0.0667. The van der Waals surface area contributed by atoms with Crippen LogP contribution in [0.4, 0.5) is 0 Å². The van der Waals surface area contributed by atoms with Gasteiger partial charge in [0, 0.05) is 24.5 Å². The van der Waals surface area contributed by atoms with E-state index in [1.54, 1.807) is 36.7 Å². The predicted molar refractivity (Wildman–Crippen MR) is 107 cm³/mol. The van der Waals surface area contributed by atoms with Crippen LogP contribution in [0, 0.1) is 0 Å². The number of hydrogen-bond donors (Lipinski definition) is 2. The average molecular weight is 417 g/mol. The van der Waals surface area contributed by atoms with Gasteiger partial charge in [0.2, 0.25) is 5.91 Å². The largest absolute Gasteiger partial charge is 0.302 e. The van der Waals surface area contributed by atoms with Crippen molar-refractivity contribution in [2.75, 3.05) is 5.75 Å². The molecule has 3 aromatic rings. The van der Waals surface area contributed by atoms with Gasteiger partial charge in [0.25, 0.3) is 5.91 Å². The second kappa shape index (κ2) is 9.34. The first-order valence-electron chi connectivity index (χ1n) is 8.40. The summed E-state index contributed by atoms with van der Waals surface area (Å²) < 4.78 is 1.91. The molecular weight excluding hydrogens is 400 g/mol. The summed E-state index contributed by atoms with van der Waals surface area (Å²) >= 11 is 7.19. The molecule has 0 radical (unpaired) electrons. The number of thioether (sulfide) groups is 1. The smallest absolute Gasteiger partial charge is 0.271 e. The van der Waals surface area contributed by atoms with Crippen LogP contribution < -0.4 is 10.9 Å². The highest BCUT2D eigenvalue weighted by molar-refractivity contribution is 7.99. The SMILES string of the molecule is CCn1c(SCC(=O)NNC(=O)c2ccccc2Cl)nnc1-c1ccncc1. The molecule has 2 aromatic heterocycles. The van der Waals surface area contributed by atoms with Crippen molar-refractivity contribution in [2.24, 2.45) is 0 Å². The zero-order valence-electron chi connectivity index (χ0n) is 14.9. The quantitative estimate of drug-likeness (QED) is 0.473. The third-order valence-corrected chi connectivity index (χ3v) is 5.03. The maximum atomic E-state index is 12.1. The molecule has 0 saturated heterocycles. The molecule has 1 aromatic carbocycles. The van der Waals surface area contributed by atoms with E-state index in [1.807, 2.05) is 23.6 Å². The van der Waals surface area contributed by atoms with Crippen LogP contribution >= 0.6 is 23.4 Å². The fourth-order valence-corrected chi connectivity index (χ4v) is 3.42. The van der Waals surface area contributed by atoms with Crippen LogP contribution in [-0.2, 0) is 11.3 Å². The Bertz CT molecular complexity index is 979. The molecular formula is C18H17ClN6O2S.